The normalized spacial score (nSPS) is 26.7. The summed E-state index contributed by atoms with van der Waals surface area (Å²) >= 11 is 0. The van der Waals surface area contributed by atoms with E-state index in [4.69, 9.17) is 9.47 Å². The quantitative estimate of drug-likeness (QED) is 0.685. The van der Waals surface area contributed by atoms with E-state index in [0.29, 0.717) is 24.5 Å². The predicted octanol–water partition coefficient (Wildman–Crippen LogP) is 4.60. The van der Waals surface area contributed by atoms with Crippen molar-refractivity contribution in [2.75, 3.05) is 19.5 Å². The molecule has 0 aromatic heterocycles. The van der Waals surface area contributed by atoms with E-state index in [1.807, 2.05) is 31.2 Å². The van der Waals surface area contributed by atoms with E-state index in [2.05, 4.69) is 19.1 Å². The van der Waals surface area contributed by atoms with Gasteiger partial charge in [-0.2, -0.15) is 0 Å². The van der Waals surface area contributed by atoms with Gasteiger partial charge in [0.15, 0.2) is 15.6 Å². The third-order valence-electron chi connectivity index (χ3n) is 7.22. The molecule has 1 N–H and O–H groups in total. The molecule has 1 heterocycles. The van der Waals surface area contributed by atoms with Crippen molar-refractivity contribution < 1.29 is 23.0 Å². The molecule has 0 bridgehead atoms. The van der Waals surface area contributed by atoms with Crippen LogP contribution in [0.25, 0.3) is 0 Å². The fourth-order valence-corrected chi connectivity index (χ4v) is 5.92. The fraction of sp³-hybridized carbons (Fsp3) is 0.538. The zero-order chi connectivity index (χ0) is 23.0. The van der Waals surface area contributed by atoms with Gasteiger partial charge < -0.3 is 14.6 Å². The van der Waals surface area contributed by atoms with Gasteiger partial charge in [-0.25, -0.2) is 8.42 Å². The highest BCUT2D eigenvalue weighted by Crippen LogP contribution is 2.47. The van der Waals surface area contributed by atoms with E-state index in [1.165, 1.54) is 17.4 Å². The second kappa shape index (κ2) is 8.90. The lowest BCUT2D eigenvalue weighted by molar-refractivity contribution is -0.214. The molecule has 4 rings (SSSR count). The van der Waals surface area contributed by atoms with Gasteiger partial charge >= 0.3 is 0 Å². The summed E-state index contributed by atoms with van der Waals surface area (Å²) in [4.78, 5) is 0.322. The minimum atomic E-state index is -3.25. The van der Waals surface area contributed by atoms with Crippen molar-refractivity contribution in [1.82, 2.24) is 0 Å². The predicted molar refractivity (Wildman–Crippen MR) is 124 cm³/mol. The Bertz CT molecular complexity index is 1030. The number of hydrogen-bond donors (Lipinski definition) is 1. The topological polar surface area (TPSA) is 72.8 Å². The number of hydrogen-bond acceptors (Lipinski definition) is 5. The Labute approximate surface area is 191 Å². The summed E-state index contributed by atoms with van der Waals surface area (Å²) in [6.07, 6.45) is 5.09. The van der Waals surface area contributed by atoms with Gasteiger partial charge in [0.2, 0.25) is 0 Å². The van der Waals surface area contributed by atoms with Crippen molar-refractivity contribution in [3.8, 4) is 0 Å². The van der Waals surface area contributed by atoms with Crippen LogP contribution in [0.4, 0.5) is 0 Å². The second-order valence-electron chi connectivity index (χ2n) is 9.73. The van der Waals surface area contributed by atoms with Crippen LogP contribution in [0.1, 0.15) is 61.6 Å². The molecule has 6 heteroatoms. The van der Waals surface area contributed by atoms with Crippen LogP contribution in [0.3, 0.4) is 0 Å². The Balaban J connectivity index is 1.71. The monoisotopic (exact) mass is 458 g/mol. The maximum atomic E-state index is 12.0. The van der Waals surface area contributed by atoms with E-state index in [-0.39, 0.29) is 11.8 Å². The Morgan fingerprint density at radius 2 is 1.62 bits per heavy atom. The molecule has 32 heavy (non-hydrogen) atoms. The number of rotatable bonds is 6. The molecule has 2 aliphatic rings. The number of benzene rings is 2. The lowest BCUT2D eigenvalue weighted by Gasteiger charge is -2.43. The van der Waals surface area contributed by atoms with Crippen LogP contribution in [0.2, 0.25) is 0 Å². The Hall–Kier alpha value is -1.73. The van der Waals surface area contributed by atoms with Crippen LogP contribution in [-0.4, -0.2) is 44.4 Å². The third-order valence-corrected chi connectivity index (χ3v) is 8.35. The molecule has 1 saturated carbocycles. The Kier molecular flexibility index (Phi) is 6.52. The molecule has 2 aromatic carbocycles. The average Bonchev–Trinajstić information content (AvgIpc) is 3.22. The highest BCUT2D eigenvalue weighted by atomic mass is 32.2. The summed E-state index contributed by atoms with van der Waals surface area (Å²) in [5.41, 5.74) is 2.81. The zero-order valence-electron chi connectivity index (χ0n) is 19.2. The van der Waals surface area contributed by atoms with Gasteiger partial charge in [-0.3, -0.25) is 0 Å². The summed E-state index contributed by atoms with van der Waals surface area (Å²) < 4.78 is 36.6. The molecule has 1 unspecified atom stereocenters. The lowest BCUT2D eigenvalue weighted by atomic mass is 9.72. The van der Waals surface area contributed by atoms with Crippen LogP contribution in [0, 0.1) is 12.8 Å². The molecule has 0 radical (unpaired) electrons. The molecule has 2 fully saturated rings. The molecular formula is C26H34O5S. The first-order chi connectivity index (χ1) is 15.1. The SMILES string of the molecule is Cc1ccccc1C(CC1([C@H]2CC[C@](C)(O)CC2)OCCO1)c1ccc(S(C)(=O)=O)cc1. The molecular weight excluding hydrogens is 424 g/mol. The van der Waals surface area contributed by atoms with Crippen molar-refractivity contribution in [2.45, 2.75) is 68.2 Å². The first-order valence-electron chi connectivity index (χ1n) is 11.5. The highest BCUT2D eigenvalue weighted by molar-refractivity contribution is 7.90. The smallest absolute Gasteiger partial charge is 0.175 e. The molecule has 5 nitrogen and oxygen atoms in total. The first kappa shape index (κ1) is 23.4. The van der Waals surface area contributed by atoms with Crippen LogP contribution in [-0.2, 0) is 19.3 Å². The summed E-state index contributed by atoms with van der Waals surface area (Å²) in [6.45, 7) is 5.15. The van der Waals surface area contributed by atoms with Crippen LogP contribution >= 0.6 is 0 Å². The largest absolute Gasteiger partial charge is 0.390 e. The number of ether oxygens (including phenoxy) is 2. The molecule has 0 spiro atoms. The van der Waals surface area contributed by atoms with Crippen LogP contribution in [0.5, 0.6) is 0 Å². The average molecular weight is 459 g/mol. The van der Waals surface area contributed by atoms with Crippen molar-refractivity contribution in [3.63, 3.8) is 0 Å². The lowest BCUT2D eigenvalue weighted by Crippen LogP contribution is -2.45. The van der Waals surface area contributed by atoms with E-state index < -0.39 is 21.2 Å². The number of sulfone groups is 1. The maximum Gasteiger partial charge on any atom is 0.175 e. The summed E-state index contributed by atoms with van der Waals surface area (Å²) in [5.74, 6) is -0.476. The highest BCUT2D eigenvalue weighted by Gasteiger charge is 2.48. The van der Waals surface area contributed by atoms with Gasteiger partial charge in [0.1, 0.15) is 0 Å². The third kappa shape index (κ3) is 4.93. The fourth-order valence-electron chi connectivity index (χ4n) is 5.29. The second-order valence-corrected chi connectivity index (χ2v) is 11.8. The Morgan fingerprint density at radius 1 is 1.03 bits per heavy atom. The van der Waals surface area contributed by atoms with E-state index >= 15 is 0 Å². The van der Waals surface area contributed by atoms with Crippen molar-refractivity contribution >= 4 is 9.84 Å². The number of aryl methyl sites for hydroxylation is 1. The summed E-state index contributed by atoms with van der Waals surface area (Å²) in [6, 6.07) is 15.5. The van der Waals surface area contributed by atoms with Gasteiger partial charge in [0, 0.05) is 24.5 Å². The van der Waals surface area contributed by atoms with Gasteiger partial charge in [-0.1, -0.05) is 36.4 Å². The minimum absolute atomic E-state index is 0.00495. The van der Waals surface area contributed by atoms with E-state index in [1.54, 1.807) is 12.1 Å². The molecule has 1 atom stereocenters. The summed E-state index contributed by atoms with van der Waals surface area (Å²) in [5, 5.41) is 10.5. The van der Waals surface area contributed by atoms with E-state index in [0.717, 1.165) is 31.2 Å². The molecule has 174 valence electrons. The Morgan fingerprint density at radius 3 is 2.19 bits per heavy atom. The van der Waals surface area contributed by atoms with Gasteiger partial charge in [-0.05, 0) is 68.4 Å². The molecule has 0 amide bonds. The van der Waals surface area contributed by atoms with Crippen molar-refractivity contribution in [3.05, 3.63) is 65.2 Å². The van der Waals surface area contributed by atoms with Crippen molar-refractivity contribution in [1.29, 1.82) is 0 Å². The first-order valence-corrected chi connectivity index (χ1v) is 13.3. The van der Waals surface area contributed by atoms with Gasteiger partial charge in [-0.15, -0.1) is 0 Å². The van der Waals surface area contributed by atoms with Gasteiger partial charge in [0.25, 0.3) is 0 Å². The van der Waals surface area contributed by atoms with Crippen LogP contribution < -0.4 is 0 Å². The van der Waals surface area contributed by atoms with Gasteiger partial charge in [0.05, 0.1) is 23.7 Å². The molecule has 1 aliphatic carbocycles. The molecule has 1 aliphatic heterocycles. The summed E-state index contributed by atoms with van der Waals surface area (Å²) in [7, 11) is -3.25. The molecule has 2 aromatic rings. The standard InChI is InChI=1S/C26H34O5S/c1-19-6-4-5-7-23(19)24(20-8-10-22(11-9-20)32(3,28)29)18-26(30-16-17-31-26)21-12-14-25(2,27)15-13-21/h4-11,21,24,27H,12-18H2,1-3H3/t21-,24?,25-. The molecule has 1 saturated heterocycles. The number of aliphatic hydroxyl groups is 1. The van der Waals surface area contributed by atoms with Crippen LogP contribution in [0.15, 0.2) is 53.4 Å². The minimum Gasteiger partial charge on any atom is -0.390 e. The van der Waals surface area contributed by atoms with E-state index in [9.17, 15) is 13.5 Å². The van der Waals surface area contributed by atoms with Crippen molar-refractivity contribution in [2.24, 2.45) is 5.92 Å². The maximum absolute atomic E-state index is 12.0. The zero-order valence-corrected chi connectivity index (χ0v) is 20.0.